The fraction of sp³-hybridized carbons (Fsp3) is 0.804. The molecule has 6 atom stereocenters. The molecule has 0 spiro atoms. The number of nitrogens with zero attached hydrogens (tertiary/aromatic N) is 1. The van der Waals surface area contributed by atoms with Crippen LogP contribution in [-0.2, 0) is 37.5 Å². The van der Waals surface area contributed by atoms with Gasteiger partial charge in [0.15, 0.2) is 6.10 Å². The number of esters is 2. The van der Waals surface area contributed by atoms with Gasteiger partial charge in [-0.2, -0.15) is 0 Å². The SMILES string of the molecule is CCCCCCCC/C=C\CCCCCCCC(=O)OC[C@H](COP(=O)([O-])OCC[N+](C)(C)C)OC(=O)CCC/C=C\C[C@H]1C(=O)C[C@@H](O)[C@@H]1/C=C/[C@@H](O)CCCCC. The molecular formula is C46H82NO11P. The molecule has 1 rings (SSSR count). The topological polar surface area (TPSA) is 169 Å². The first-order valence-corrected chi connectivity index (χ1v) is 24.3. The van der Waals surface area contributed by atoms with Crippen LogP contribution in [0.2, 0.25) is 0 Å². The largest absolute Gasteiger partial charge is 0.756 e. The molecule has 1 unspecified atom stereocenters. The van der Waals surface area contributed by atoms with Crippen LogP contribution in [0.4, 0.5) is 0 Å². The summed E-state index contributed by atoms with van der Waals surface area (Å²) in [6, 6.07) is 0. The first-order valence-electron chi connectivity index (χ1n) is 22.8. The number of ether oxygens (including phenoxy) is 2. The third-order valence-electron chi connectivity index (χ3n) is 10.5. The monoisotopic (exact) mass is 856 g/mol. The van der Waals surface area contributed by atoms with Crippen molar-refractivity contribution in [2.24, 2.45) is 11.8 Å². The van der Waals surface area contributed by atoms with Crippen LogP contribution in [0.3, 0.4) is 0 Å². The number of likely N-dealkylation sites (N-methyl/N-ethyl adjacent to an activating group) is 1. The highest BCUT2D eigenvalue weighted by molar-refractivity contribution is 7.45. The maximum atomic E-state index is 12.8. The lowest BCUT2D eigenvalue weighted by Gasteiger charge is -2.28. The Balaban J connectivity index is 2.51. The third-order valence-corrected chi connectivity index (χ3v) is 11.5. The van der Waals surface area contributed by atoms with Gasteiger partial charge in [0.05, 0.1) is 40.0 Å². The highest BCUT2D eigenvalue weighted by atomic mass is 31.2. The summed E-state index contributed by atoms with van der Waals surface area (Å²) >= 11 is 0. The number of quaternary nitrogens is 1. The van der Waals surface area contributed by atoms with Crippen molar-refractivity contribution >= 4 is 25.5 Å². The summed E-state index contributed by atoms with van der Waals surface area (Å²) < 4.78 is 33.8. The molecule has 2 N–H and O–H groups in total. The summed E-state index contributed by atoms with van der Waals surface area (Å²) in [5, 5.41) is 20.7. The average Bonchev–Trinajstić information content (AvgIpc) is 3.44. The van der Waals surface area contributed by atoms with Crippen LogP contribution >= 0.6 is 7.82 Å². The first kappa shape index (κ1) is 54.8. The Labute approximate surface area is 357 Å². The predicted octanol–water partition coefficient (Wildman–Crippen LogP) is 8.87. The summed E-state index contributed by atoms with van der Waals surface area (Å²) in [7, 11) is 0.994. The second-order valence-corrected chi connectivity index (χ2v) is 18.6. The highest BCUT2D eigenvalue weighted by Crippen LogP contribution is 2.38. The molecule has 0 heterocycles. The van der Waals surface area contributed by atoms with E-state index in [0.29, 0.717) is 43.1 Å². The van der Waals surface area contributed by atoms with Gasteiger partial charge >= 0.3 is 11.9 Å². The van der Waals surface area contributed by atoms with Gasteiger partial charge < -0.3 is 38.1 Å². The molecular weight excluding hydrogens is 773 g/mol. The lowest BCUT2D eigenvalue weighted by atomic mass is 9.90. The molecule has 13 heteroatoms. The number of carbonyl (C=O) groups is 3. The minimum absolute atomic E-state index is 0.0103. The summed E-state index contributed by atoms with van der Waals surface area (Å²) in [5.41, 5.74) is 0. The Bertz CT molecular complexity index is 1260. The molecule has 59 heavy (non-hydrogen) atoms. The third kappa shape index (κ3) is 30.5. The van der Waals surface area contributed by atoms with Crippen LogP contribution in [0.5, 0.6) is 0 Å². The predicted molar refractivity (Wildman–Crippen MR) is 232 cm³/mol. The molecule has 342 valence electrons. The Morgan fingerprint density at radius 2 is 1.37 bits per heavy atom. The van der Waals surface area contributed by atoms with E-state index in [2.05, 4.69) is 26.0 Å². The quantitative estimate of drug-likeness (QED) is 0.0201. The lowest BCUT2D eigenvalue weighted by molar-refractivity contribution is -0.870. The van der Waals surface area contributed by atoms with Crippen molar-refractivity contribution in [1.29, 1.82) is 0 Å². The van der Waals surface area contributed by atoms with Crippen LogP contribution in [0.25, 0.3) is 0 Å². The van der Waals surface area contributed by atoms with Crippen molar-refractivity contribution < 1.29 is 57.1 Å². The van der Waals surface area contributed by atoms with Crippen LogP contribution < -0.4 is 4.89 Å². The molecule has 0 aromatic carbocycles. The molecule has 0 bridgehead atoms. The Morgan fingerprint density at radius 3 is 2.03 bits per heavy atom. The van der Waals surface area contributed by atoms with Gasteiger partial charge in [0.1, 0.15) is 25.5 Å². The highest BCUT2D eigenvalue weighted by Gasteiger charge is 2.39. The summed E-state index contributed by atoms with van der Waals surface area (Å²) in [4.78, 5) is 50.3. The average molecular weight is 856 g/mol. The van der Waals surface area contributed by atoms with Gasteiger partial charge in [0, 0.05) is 31.1 Å². The van der Waals surface area contributed by atoms with Crippen LogP contribution in [-0.4, -0.2) is 98.2 Å². The fourth-order valence-corrected chi connectivity index (χ4v) is 7.53. The van der Waals surface area contributed by atoms with E-state index in [0.717, 1.165) is 57.8 Å². The van der Waals surface area contributed by atoms with Gasteiger partial charge in [0.2, 0.25) is 0 Å². The van der Waals surface area contributed by atoms with Gasteiger partial charge in [0.25, 0.3) is 7.82 Å². The van der Waals surface area contributed by atoms with Gasteiger partial charge in [-0.25, -0.2) is 0 Å². The number of aliphatic hydroxyl groups is 2. The molecule has 1 saturated carbocycles. The first-order chi connectivity index (χ1) is 28.2. The molecule has 12 nitrogen and oxygen atoms in total. The second-order valence-electron chi connectivity index (χ2n) is 17.2. The number of Topliss-reactive ketones (excluding diaryl/α,β-unsaturated/α-hetero) is 1. The number of phosphoric ester groups is 1. The number of rotatable bonds is 37. The number of ketones is 1. The molecule has 0 saturated heterocycles. The zero-order valence-electron chi connectivity index (χ0n) is 37.4. The molecule has 0 aromatic heterocycles. The van der Waals surface area contributed by atoms with Crippen molar-refractivity contribution in [3.05, 3.63) is 36.5 Å². The van der Waals surface area contributed by atoms with Crippen molar-refractivity contribution in [3.8, 4) is 0 Å². The van der Waals surface area contributed by atoms with Gasteiger partial charge in [-0.1, -0.05) is 121 Å². The normalized spacial score (nSPS) is 19.5. The van der Waals surface area contributed by atoms with E-state index in [4.69, 9.17) is 18.5 Å². The Kier molecular flexibility index (Phi) is 31.1. The fourth-order valence-electron chi connectivity index (χ4n) is 6.81. The molecule has 1 aliphatic carbocycles. The van der Waals surface area contributed by atoms with E-state index in [-0.39, 0.29) is 50.1 Å². The van der Waals surface area contributed by atoms with Crippen molar-refractivity contribution in [1.82, 2.24) is 0 Å². The van der Waals surface area contributed by atoms with Gasteiger partial charge in [-0.05, 0) is 57.8 Å². The van der Waals surface area contributed by atoms with Crippen molar-refractivity contribution in [3.63, 3.8) is 0 Å². The minimum atomic E-state index is -4.70. The number of aliphatic hydroxyl groups excluding tert-OH is 2. The van der Waals surface area contributed by atoms with E-state index >= 15 is 0 Å². The van der Waals surface area contributed by atoms with Crippen LogP contribution in [0.15, 0.2) is 36.5 Å². The number of phosphoric acid groups is 1. The maximum absolute atomic E-state index is 12.8. The van der Waals surface area contributed by atoms with Gasteiger partial charge in [-0.3, -0.25) is 18.9 Å². The second kappa shape index (κ2) is 33.4. The number of allylic oxidation sites excluding steroid dienone is 4. The summed E-state index contributed by atoms with van der Waals surface area (Å²) in [6.07, 6.45) is 29.6. The smallest absolute Gasteiger partial charge is 0.306 e. The standard InChI is InChI=1S/C46H82NO11P/c1-6-8-10-11-12-13-14-15-16-17-18-19-20-21-26-30-45(51)55-37-40(38-57-59(53,54)56-35-34-47(3,4)5)58-46(52)31-27-23-22-25-29-41-42(44(50)36-43(41)49)33-32-39(48)28-24-9-7-2/h15-16,22,25,32-33,39-42,44,48,50H,6-14,17-21,23-24,26-31,34-38H2,1-5H3/b16-15-,25-22-,33-32+/t39-,40+,41+,42+,44+/m0/s1. The van der Waals surface area contributed by atoms with Crippen LogP contribution in [0, 0.1) is 11.8 Å². The molecule has 0 aliphatic heterocycles. The Morgan fingerprint density at radius 1 is 0.797 bits per heavy atom. The maximum Gasteiger partial charge on any atom is 0.306 e. The van der Waals surface area contributed by atoms with Gasteiger partial charge in [-0.15, -0.1) is 0 Å². The van der Waals surface area contributed by atoms with E-state index in [1.807, 2.05) is 33.3 Å². The molecule has 0 aromatic rings. The number of hydrogen-bond acceptors (Lipinski definition) is 11. The summed E-state index contributed by atoms with van der Waals surface area (Å²) in [5.74, 6) is -1.79. The van der Waals surface area contributed by atoms with E-state index < -0.39 is 44.7 Å². The number of hydrogen-bond donors (Lipinski definition) is 2. The van der Waals surface area contributed by atoms with Crippen molar-refractivity contribution in [2.75, 3.05) is 47.5 Å². The zero-order valence-corrected chi connectivity index (χ0v) is 38.3. The van der Waals surface area contributed by atoms with E-state index in [1.165, 1.54) is 38.5 Å². The number of carbonyl (C=O) groups excluding carboxylic acids is 3. The lowest BCUT2D eigenvalue weighted by Crippen LogP contribution is -2.37. The Hall–Kier alpha value is -2.18. The molecule has 0 amide bonds. The zero-order chi connectivity index (χ0) is 43.8. The number of unbranched alkanes of at least 4 members (excludes halogenated alkanes) is 14. The van der Waals surface area contributed by atoms with Crippen LogP contribution in [0.1, 0.15) is 162 Å². The van der Waals surface area contributed by atoms with E-state index in [1.54, 1.807) is 12.2 Å². The van der Waals surface area contributed by atoms with Crippen molar-refractivity contribution in [2.45, 2.75) is 180 Å². The minimum Gasteiger partial charge on any atom is -0.756 e. The summed E-state index contributed by atoms with van der Waals surface area (Å²) in [6.45, 7) is 3.79. The molecule has 0 radical (unpaired) electrons. The molecule has 1 aliphatic rings. The molecule has 1 fully saturated rings. The van der Waals surface area contributed by atoms with E-state index in [9.17, 15) is 34.1 Å².